The van der Waals surface area contributed by atoms with Crippen LogP contribution in [0.25, 0.3) is 0 Å². The molecule has 0 saturated carbocycles. The molecule has 0 radical (unpaired) electrons. The van der Waals surface area contributed by atoms with Gasteiger partial charge in [-0.3, -0.25) is 0 Å². The Morgan fingerprint density at radius 3 is 2.68 bits per heavy atom. The van der Waals surface area contributed by atoms with Gasteiger partial charge in [-0.25, -0.2) is 4.79 Å². The quantitative estimate of drug-likeness (QED) is 0.847. The van der Waals surface area contributed by atoms with Gasteiger partial charge in [0.15, 0.2) is 11.5 Å². The normalized spacial score (nSPS) is 14.6. The van der Waals surface area contributed by atoms with Crippen molar-refractivity contribution in [3.05, 3.63) is 35.9 Å². The fourth-order valence-corrected chi connectivity index (χ4v) is 2.08. The van der Waals surface area contributed by atoms with E-state index in [9.17, 15) is 4.79 Å². The zero-order valence-corrected chi connectivity index (χ0v) is 11.2. The standard InChI is InChI=1S/C15H18O4/c1-15(2,6-5-14(16)17)10-11-3-4-12-13(9-11)19-8-7-18-12/h3-6,9H,7-8,10H2,1-2H3,(H,16,17)/b6-5+. The summed E-state index contributed by atoms with van der Waals surface area (Å²) in [6.45, 7) is 5.16. The van der Waals surface area contributed by atoms with Crippen molar-refractivity contribution in [1.29, 1.82) is 0 Å². The second-order valence-corrected chi connectivity index (χ2v) is 5.31. The molecule has 1 aliphatic heterocycles. The SMILES string of the molecule is CC(C)(/C=C/C(=O)O)Cc1ccc2c(c1)OCCO2. The summed E-state index contributed by atoms with van der Waals surface area (Å²) >= 11 is 0. The zero-order chi connectivity index (χ0) is 13.9. The van der Waals surface area contributed by atoms with Crippen molar-refractivity contribution >= 4 is 5.97 Å². The average molecular weight is 262 g/mol. The Labute approximate surface area is 112 Å². The van der Waals surface area contributed by atoms with Gasteiger partial charge in [-0.15, -0.1) is 0 Å². The monoisotopic (exact) mass is 262 g/mol. The highest BCUT2D eigenvalue weighted by Gasteiger charge is 2.18. The molecule has 4 nitrogen and oxygen atoms in total. The van der Waals surface area contributed by atoms with Crippen LogP contribution in [-0.4, -0.2) is 24.3 Å². The number of carboxylic acids is 1. The summed E-state index contributed by atoms with van der Waals surface area (Å²) < 4.78 is 11.0. The van der Waals surface area contributed by atoms with E-state index in [1.807, 2.05) is 32.0 Å². The number of rotatable bonds is 4. The second-order valence-electron chi connectivity index (χ2n) is 5.31. The lowest BCUT2D eigenvalue weighted by Crippen LogP contribution is -2.16. The molecule has 0 unspecified atom stereocenters. The Balaban J connectivity index is 2.12. The van der Waals surface area contributed by atoms with E-state index >= 15 is 0 Å². The summed E-state index contributed by atoms with van der Waals surface area (Å²) in [5.74, 6) is 0.617. The fourth-order valence-electron chi connectivity index (χ4n) is 2.08. The van der Waals surface area contributed by atoms with Gasteiger partial charge in [0.05, 0.1) is 0 Å². The Morgan fingerprint density at radius 2 is 2.00 bits per heavy atom. The van der Waals surface area contributed by atoms with Crippen molar-refractivity contribution in [1.82, 2.24) is 0 Å². The van der Waals surface area contributed by atoms with Gasteiger partial charge in [0.1, 0.15) is 13.2 Å². The number of benzene rings is 1. The van der Waals surface area contributed by atoms with E-state index in [1.54, 1.807) is 6.08 Å². The molecule has 102 valence electrons. The molecule has 1 aromatic carbocycles. The van der Waals surface area contributed by atoms with E-state index in [-0.39, 0.29) is 5.41 Å². The minimum absolute atomic E-state index is 0.220. The Morgan fingerprint density at radius 1 is 1.32 bits per heavy atom. The molecule has 0 saturated heterocycles. The van der Waals surface area contributed by atoms with E-state index in [0.717, 1.165) is 23.5 Å². The van der Waals surface area contributed by atoms with E-state index in [0.29, 0.717) is 13.2 Å². The van der Waals surface area contributed by atoms with Crippen molar-refractivity contribution in [3.8, 4) is 11.5 Å². The molecule has 19 heavy (non-hydrogen) atoms. The maximum Gasteiger partial charge on any atom is 0.327 e. The Bertz CT molecular complexity index is 503. The van der Waals surface area contributed by atoms with Crippen LogP contribution in [-0.2, 0) is 11.2 Å². The molecule has 0 aliphatic carbocycles. The smallest absolute Gasteiger partial charge is 0.327 e. The maximum atomic E-state index is 10.6. The van der Waals surface area contributed by atoms with Crippen LogP contribution in [0.1, 0.15) is 19.4 Å². The summed E-state index contributed by atoms with van der Waals surface area (Å²) in [7, 11) is 0. The summed E-state index contributed by atoms with van der Waals surface area (Å²) in [6.07, 6.45) is 3.65. The zero-order valence-electron chi connectivity index (χ0n) is 11.2. The molecular formula is C15H18O4. The lowest BCUT2D eigenvalue weighted by molar-refractivity contribution is -0.131. The Kier molecular flexibility index (Phi) is 3.79. The number of aliphatic carboxylic acids is 1. The van der Waals surface area contributed by atoms with Crippen molar-refractivity contribution in [2.24, 2.45) is 5.41 Å². The molecule has 1 heterocycles. The molecule has 2 rings (SSSR count). The molecular weight excluding hydrogens is 244 g/mol. The van der Waals surface area contributed by atoms with Crippen LogP contribution in [0.3, 0.4) is 0 Å². The van der Waals surface area contributed by atoms with Gasteiger partial charge in [-0.1, -0.05) is 26.0 Å². The molecule has 4 heteroatoms. The molecule has 0 spiro atoms. The van der Waals surface area contributed by atoms with Crippen LogP contribution in [0.15, 0.2) is 30.4 Å². The minimum Gasteiger partial charge on any atom is -0.486 e. The molecule has 1 aromatic rings. The highest BCUT2D eigenvalue weighted by Crippen LogP contribution is 2.33. The van der Waals surface area contributed by atoms with E-state index in [4.69, 9.17) is 14.6 Å². The van der Waals surface area contributed by atoms with E-state index < -0.39 is 5.97 Å². The van der Waals surface area contributed by atoms with Gasteiger partial charge in [0.25, 0.3) is 0 Å². The first kappa shape index (κ1) is 13.5. The van der Waals surface area contributed by atoms with E-state index in [2.05, 4.69) is 0 Å². The number of carboxylic acid groups (broad SMARTS) is 1. The number of ether oxygens (including phenoxy) is 2. The lowest BCUT2D eigenvalue weighted by atomic mass is 9.85. The maximum absolute atomic E-state index is 10.6. The second kappa shape index (κ2) is 5.34. The summed E-state index contributed by atoms with van der Waals surface area (Å²) in [6, 6.07) is 5.86. The number of hydrogen-bond acceptors (Lipinski definition) is 3. The molecule has 0 fully saturated rings. The van der Waals surface area contributed by atoms with Gasteiger partial charge in [-0.2, -0.15) is 0 Å². The lowest BCUT2D eigenvalue weighted by Gasteiger charge is -2.22. The molecule has 0 aromatic heterocycles. The fraction of sp³-hybridized carbons (Fsp3) is 0.400. The van der Waals surface area contributed by atoms with Gasteiger partial charge in [-0.05, 0) is 29.5 Å². The van der Waals surface area contributed by atoms with Crippen molar-refractivity contribution in [2.75, 3.05) is 13.2 Å². The van der Waals surface area contributed by atoms with Crippen LogP contribution < -0.4 is 9.47 Å². The highest BCUT2D eigenvalue weighted by molar-refractivity contribution is 5.79. The van der Waals surface area contributed by atoms with Crippen LogP contribution in [0.4, 0.5) is 0 Å². The number of allylic oxidation sites excluding steroid dienone is 1. The number of hydrogen-bond donors (Lipinski definition) is 1. The molecule has 1 N–H and O–H groups in total. The number of carbonyl (C=O) groups is 1. The third-order valence-electron chi connectivity index (χ3n) is 2.94. The first-order chi connectivity index (χ1) is 8.96. The highest BCUT2D eigenvalue weighted by atomic mass is 16.6. The van der Waals surface area contributed by atoms with Crippen molar-refractivity contribution < 1.29 is 19.4 Å². The topological polar surface area (TPSA) is 55.8 Å². The largest absolute Gasteiger partial charge is 0.486 e. The first-order valence-electron chi connectivity index (χ1n) is 6.27. The average Bonchev–Trinajstić information content (AvgIpc) is 2.36. The Hall–Kier alpha value is -1.97. The summed E-state index contributed by atoms with van der Waals surface area (Å²) in [5.41, 5.74) is 0.881. The summed E-state index contributed by atoms with van der Waals surface area (Å²) in [4.78, 5) is 10.6. The predicted octanol–water partition coefficient (Wildman–Crippen LogP) is 2.67. The van der Waals surface area contributed by atoms with Gasteiger partial charge < -0.3 is 14.6 Å². The third kappa shape index (κ3) is 3.74. The minimum atomic E-state index is -0.921. The van der Waals surface area contributed by atoms with Crippen LogP contribution in [0, 0.1) is 5.41 Å². The summed E-state index contributed by atoms with van der Waals surface area (Å²) in [5, 5.41) is 8.68. The number of fused-ring (bicyclic) bond motifs is 1. The van der Waals surface area contributed by atoms with Gasteiger partial charge in [0, 0.05) is 6.08 Å². The van der Waals surface area contributed by atoms with Gasteiger partial charge in [0.2, 0.25) is 0 Å². The van der Waals surface area contributed by atoms with Crippen LogP contribution in [0.5, 0.6) is 11.5 Å². The van der Waals surface area contributed by atoms with Crippen molar-refractivity contribution in [2.45, 2.75) is 20.3 Å². The van der Waals surface area contributed by atoms with Crippen LogP contribution in [0.2, 0.25) is 0 Å². The van der Waals surface area contributed by atoms with Gasteiger partial charge >= 0.3 is 5.97 Å². The molecule has 0 bridgehead atoms. The molecule has 0 amide bonds. The third-order valence-corrected chi connectivity index (χ3v) is 2.94. The first-order valence-corrected chi connectivity index (χ1v) is 6.27. The van der Waals surface area contributed by atoms with Crippen molar-refractivity contribution in [3.63, 3.8) is 0 Å². The predicted molar refractivity (Wildman–Crippen MR) is 71.7 cm³/mol. The molecule has 1 aliphatic rings. The van der Waals surface area contributed by atoms with Crippen LogP contribution >= 0.6 is 0 Å². The molecule has 0 atom stereocenters. The van der Waals surface area contributed by atoms with E-state index in [1.165, 1.54) is 6.08 Å².